The first kappa shape index (κ1) is 19.5. The molecule has 0 spiro atoms. The Labute approximate surface area is 170 Å². The van der Waals surface area contributed by atoms with Crippen LogP contribution in [0.15, 0.2) is 71.3 Å². The number of fused-ring (bicyclic) bond motifs is 1. The minimum Gasteiger partial charge on any atom is -0.467 e. The summed E-state index contributed by atoms with van der Waals surface area (Å²) in [4.78, 5) is 2.20. The summed E-state index contributed by atoms with van der Waals surface area (Å²) >= 11 is 0. The zero-order chi connectivity index (χ0) is 19.9. The first-order chi connectivity index (χ1) is 14.3. The molecule has 6 heteroatoms. The second-order valence-electron chi connectivity index (χ2n) is 7.09. The molecule has 0 bridgehead atoms. The van der Waals surface area contributed by atoms with E-state index >= 15 is 0 Å². The molecule has 1 aliphatic heterocycles. The second kappa shape index (κ2) is 9.60. The van der Waals surface area contributed by atoms with E-state index in [1.54, 1.807) is 6.26 Å². The van der Waals surface area contributed by atoms with Crippen LogP contribution in [0.4, 0.5) is 0 Å². The molecule has 0 amide bonds. The van der Waals surface area contributed by atoms with Gasteiger partial charge in [-0.2, -0.15) is 0 Å². The largest absolute Gasteiger partial charge is 0.467 e. The number of hydrogen-bond acceptors (Lipinski definition) is 6. The van der Waals surface area contributed by atoms with Crippen LogP contribution in [0.1, 0.15) is 16.9 Å². The maximum Gasteiger partial charge on any atom is 0.231 e. The molecule has 6 nitrogen and oxygen atoms in total. The van der Waals surface area contributed by atoms with E-state index in [1.807, 2.05) is 48.5 Å². The average molecular weight is 395 g/mol. The van der Waals surface area contributed by atoms with E-state index in [9.17, 15) is 5.11 Å². The van der Waals surface area contributed by atoms with Gasteiger partial charge >= 0.3 is 0 Å². The third-order valence-electron chi connectivity index (χ3n) is 4.70. The van der Waals surface area contributed by atoms with Crippen LogP contribution in [0.5, 0.6) is 11.5 Å². The van der Waals surface area contributed by atoms with Crippen LogP contribution in [0.25, 0.3) is 0 Å². The molecule has 0 fully saturated rings. The lowest BCUT2D eigenvalue weighted by Crippen LogP contribution is -2.34. The van der Waals surface area contributed by atoms with Gasteiger partial charge in [-0.1, -0.05) is 36.4 Å². The number of aliphatic hydroxyl groups excluding tert-OH is 1. The van der Waals surface area contributed by atoms with Crippen molar-refractivity contribution in [1.29, 1.82) is 0 Å². The summed E-state index contributed by atoms with van der Waals surface area (Å²) in [6, 6.07) is 19.9. The van der Waals surface area contributed by atoms with Gasteiger partial charge in [0.1, 0.15) is 12.4 Å². The van der Waals surface area contributed by atoms with Crippen molar-refractivity contribution in [2.75, 3.05) is 19.9 Å². The summed E-state index contributed by atoms with van der Waals surface area (Å²) in [6.07, 6.45) is 1.00. The average Bonchev–Trinajstić information content (AvgIpc) is 3.40. The Morgan fingerprint density at radius 2 is 1.76 bits per heavy atom. The van der Waals surface area contributed by atoms with Crippen molar-refractivity contribution < 1.29 is 23.7 Å². The van der Waals surface area contributed by atoms with Crippen LogP contribution >= 0.6 is 0 Å². The predicted octanol–water partition coefficient (Wildman–Crippen LogP) is 3.59. The van der Waals surface area contributed by atoms with Gasteiger partial charge in [-0.15, -0.1) is 0 Å². The maximum atomic E-state index is 10.5. The Balaban J connectivity index is 1.37. The highest BCUT2D eigenvalue weighted by Crippen LogP contribution is 2.32. The van der Waals surface area contributed by atoms with E-state index in [0.29, 0.717) is 19.7 Å². The highest BCUT2D eigenvalue weighted by Gasteiger charge is 2.17. The van der Waals surface area contributed by atoms with Gasteiger partial charge in [0.15, 0.2) is 11.5 Å². The quantitative estimate of drug-likeness (QED) is 0.566. The SMILES string of the molecule is OC(COCc1ccco1)CN(Cc1ccccc1)Cc1ccc2c(c1)OCO2. The zero-order valence-electron chi connectivity index (χ0n) is 16.2. The smallest absolute Gasteiger partial charge is 0.231 e. The van der Waals surface area contributed by atoms with E-state index < -0.39 is 6.10 Å². The van der Waals surface area contributed by atoms with Crippen LogP contribution in [-0.4, -0.2) is 36.1 Å². The van der Waals surface area contributed by atoms with Crippen molar-refractivity contribution >= 4 is 0 Å². The molecule has 3 aromatic rings. The molecule has 2 heterocycles. The highest BCUT2D eigenvalue weighted by atomic mass is 16.7. The monoisotopic (exact) mass is 395 g/mol. The minimum atomic E-state index is -0.609. The summed E-state index contributed by atoms with van der Waals surface area (Å²) in [5, 5.41) is 10.5. The number of rotatable bonds is 10. The number of aliphatic hydroxyl groups is 1. The molecule has 0 radical (unpaired) electrons. The lowest BCUT2D eigenvalue weighted by molar-refractivity contribution is 0.00253. The van der Waals surface area contributed by atoms with E-state index in [2.05, 4.69) is 17.0 Å². The first-order valence-corrected chi connectivity index (χ1v) is 9.69. The lowest BCUT2D eigenvalue weighted by Gasteiger charge is -2.25. The van der Waals surface area contributed by atoms with Crippen molar-refractivity contribution in [2.24, 2.45) is 0 Å². The molecule has 0 saturated heterocycles. The van der Waals surface area contributed by atoms with Crippen LogP contribution in [0.2, 0.25) is 0 Å². The number of benzene rings is 2. The molecule has 1 aliphatic rings. The molecule has 29 heavy (non-hydrogen) atoms. The number of ether oxygens (including phenoxy) is 3. The van der Waals surface area contributed by atoms with Gasteiger partial charge in [0.05, 0.1) is 19.0 Å². The van der Waals surface area contributed by atoms with Crippen molar-refractivity contribution in [3.05, 3.63) is 83.8 Å². The maximum absolute atomic E-state index is 10.5. The molecule has 1 atom stereocenters. The number of furan rings is 1. The summed E-state index contributed by atoms with van der Waals surface area (Å²) < 4.78 is 21.7. The zero-order valence-corrected chi connectivity index (χ0v) is 16.2. The van der Waals surface area contributed by atoms with Gasteiger partial charge in [-0.25, -0.2) is 0 Å². The predicted molar refractivity (Wildman–Crippen MR) is 107 cm³/mol. The Hall–Kier alpha value is -2.80. The lowest BCUT2D eigenvalue weighted by atomic mass is 10.1. The van der Waals surface area contributed by atoms with Gasteiger partial charge in [0.25, 0.3) is 0 Å². The second-order valence-corrected chi connectivity index (χ2v) is 7.09. The Kier molecular flexibility index (Phi) is 6.46. The standard InChI is InChI=1S/C23H25NO5/c25-20(15-26-16-21-7-4-10-27-21)14-24(12-18-5-2-1-3-6-18)13-19-8-9-22-23(11-19)29-17-28-22/h1-11,20,25H,12-17H2. The van der Waals surface area contributed by atoms with Crippen molar-refractivity contribution in [1.82, 2.24) is 4.90 Å². The normalized spacial score (nSPS) is 13.7. The molecule has 0 aliphatic carbocycles. The first-order valence-electron chi connectivity index (χ1n) is 9.69. The van der Waals surface area contributed by atoms with Crippen molar-refractivity contribution in [3.8, 4) is 11.5 Å². The summed E-state index contributed by atoms with van der Waals surface area (Å²) in [5.41, 5.74) is 2.30. The number of hydrogen-bond donors (Lipinski definition) is 1. The third kappa shape index (κ3) is 5.60. The van der Waals surface area contributed by atoms with Gasteiger partial charge in [0, 0.05) is 19.6 Å². The fourth-order valence-corrected chi connectivity index (χ4v) is 3.37. The topological polar surface area (TPSA) is 64.3 Å². The molecule has 1 N–H and O–H groups in total. The molecule has 1 aromatic heterocycles. The third-order valence-corrected chi connectivity index (χ3v) is 4.70. The van der Waals surface area contributed by atoms with Crippen molar-refractivity contribution in [3.63, 3.8) is 0 Å². The molecule has 4 rings (SSSR count). The molecular formula is C23H25NO5. The molecule has 152 valence electrons. The van der Waals surface area contributed by atoms with Gasteiger partial charge in [-0.3, -0.25) is 4.90 Å². The Morgan fingerprint density at radius 1 is 0.931 bits per heavy atom. The Bertz CT molecular complexity index is 882. The summed E-state index contributed by atoms with van der Waals surface area (Å²) in [6.45, 7) is 2.75. The Morgan fingerprint density at radius 3 is 2.59 bits per heavy atom. The molecule has 0 saturated carbocycles. The van der Waals surface area contributed by atoms with Crippen LogP contribution in [-0.2, 0) is 24.4 Å². The highest BCUT2D eigenvalue weighted by molar-refractivity contribution is 5.44. The van der Waals surface area contributed by atoms with Crippen LogP contribution < -0.4 is 9.47 Å². The van der Waals surface area contributed by atoms with E-state index in [-0.39, 0.29) is 13.4 Å². The van der Waals surface area contributed by atoms with E-state index in [0.717, 1.165) is 29.4 Å². The fraction of sp³-hybridized carbons (Fsp3) is 0.304. The fourth-order valence-electron chi connectivity index (χ4n) is 3.37. The van der Waals surface area contributed by atoms with Gasteiger partial charge in [-0.05, 0) is 35.4 Å². The molecule has 1 unspecified atom stereocenters. The molecular weight excluding hydrogens is 370 g/mol. The van der Waals surface area contributed by atoms with Crippen LogP contribution in [0.3, 0.4) is 0 Å². The summed E-state index contributed by atoms with van der Waals surface area (Å²) in [7, 11) is 0. The van der Waals surface area contributed by atoms with Crippen LogP contribution in [0, 0.1) is 0 Å². The van der Waals surface area contributed by atoms with Crippen molar-refractivity contribution in [2.45, 2.75) is 25.8 Å². The van der Waals surface area contributed by atoms with Gasteiger partial charge < -0.3 is 23.7 Å². The minimum absolute atomic E-state index is 0.243. The van der Waals surface area contributed by atoms with E-state index in [1.165, 1.54) is 5.56 Å². The molecule has 2 aromatic carbocycles. The number of nitrogens with zero attached hydrogens (tertiary/aromatic N) is 1. The van der Waals surface area contributed by atoms with E-state index in [4.69, 9.17) is 18.6 Å². The van der Waals surface area contributed by atoms with Gasteiger partial charge in [0.2, 0.25) is 6.79 Å². The summed E-state index contributed by atoms with van der Waals surface area (Å²) in [5.74, 6) is 2.29.